The smallest absolute Gasteiger partial charge is 0.291 e. The number of anilines is 1. The number of benzene rings is 1. The van der Waals surface area contributed by atoms with Crippen molar-refractivity contribution in [1.29, 1.82) is 0 Å². The average molecular weight is 431 g/mol. The number of rotatable bonds is 6. The zero-order valence-corrected chi connectivity index (χ0v) is 18.1. The first-order chi connectivity index (χ1) is 14.6. The Morgan fingerprint density at radius 3 is 1.93 bits per heavy atom. The van der Waals surface area contributed by atoms with E-state index in [1.165, 1.54) is 19.1 Å². The predicted molar refractivity (Wildman–Crippen MR) is 116 cm³/mol. The van der Waals surface area contributed by atoms with Gasteiger partial charge in [0.1, 0.15) is 0 Å². The third kappa shape index (κ3) is 4.62. The number of hydrogen-bond acceptors (Lipinski definition) is 4. The number of nitrogens with zero attached hydrogens (tertiary/aromatic N) is 1. The van der Waals surface area contributed by atoms with Crippen LogP contribution < -0.4 is 5.32 Å². The molecule has 0 unspecified atom stereocenters. The van der Waals surface area contributed by atoms with Crippen molar-refractivity contribution in [1.82, 2.24) is 4.31 Å². The molecule has 7 heteroatoms. The molecular formula is C23H30N2O4S. The van der Waals surface area contributed by atoms with Gasteiger partial charge in [-0.1, -0.05) is 38.5 Å². The van der Waals surface area contributed by atoms with Gasteiger partial charge in [0, 0.05) is 17.8 Å². The minimum Gasteiger partial charge on any atom is -0.459 e. The Morgan fingerprint density at radius 2 is 1.43 bits per heavy atom. The third-order valence-corrected chi connectivity index (χ3v) is 8.32. The molecule has 2 aliphatic carbocycles. The van der Waals surface area contributed by atoms with Crippen LogP contribution in [0.2, 0.25) is 0 Å². The van der Waals surface area contributed by atoms with Crippen molar-refractivity contribution in [3.8, 4) is 0 Å². The monoisotopic (exact) mass is 430 g/mol. The maximum atomic E-state index is 13.7. The summed E-state index contributed by atoms with van der Waals surface area (Å²) in [6, 6.07) is 9.94. The molecule has 1 heterocycles. The first-order valence-corrected chi connectivity index (χ1v) is 12.5. The highest BCUT2D eigenvalue weighted by molar-refractivity contribution is 7.89. The van der Waals surface area contributed by atoms with E-state index in [-0.39, 0.29) is 23.8 Å². The van der Waals surface area contributed by atoms with Gasteiger partial charge >= 0.3 is 0 Å². The Labute approximate surface area is 178 Å². The summed E-state index contributed by atoms with van der Waals surface area (Å²) < 4.78 is 34.3. The lowest BCUT2D eigenvalue weighted by atomic mass is 9.91. The fraction of sp³-hybridized carbons (Fsp3) is 0.522. The predicted octanol–water partition coefficient (Wildman–Crippen LogP) is 5.19. The van der Waals surface area contributed by atoms with E-state index < -0.39 is 10.0 Å². The Bertz CT molecular complexity index is 908. The van der Waals surface area contributed by atoms with Gasteiger partial charge < -0.3 is 9.73 Å². The highest BCUT2D eigenvalue weighted by Crippen LogP contribution is 2.35. The van der Waals surface area contributed by atoms with Crippen molar-refractivity contribution in [2.24, 2.45) is 0 Å². The number of furan rings is 1. The van der Waals surface area contributed by atoms with Crippen LogP contribution in [-0.2, 0) is 10.0 Å². The summed E-state index contributed by atoms with van der Waals surface area (Å²) in [6.45, 7) is 0. The minimum atomic E-state index is -3.59. The molecule has 0 radical (unpaired) electrons. The zero-order valence-electron chi connectivity index (χ0n) is 17.3. The van der Waals surface area contributed by atoms with E-state index in [0.717, 1.165) is 51.4 Å². The normalized spacial score (nSPS) is 19.1. The van der Waals surface area contributed by atoms with Gasteiger partial charge in [0.05, 0.1) is 11.2 Å². The minimum absolute atomic E-state index is 0.102. The van der Waals surface area contributed by atoms with Crippen LogP contribution in [0, 0.1) is 0 Å². The Balaban J connectivity index is 1.55. The van der Waals surface area contributed by atoms with Gasteiger partial charge in [-0.15, -0.1) is 0 Å². The topological polar surface area (TPSA) is 79.6 Å². The van der Waals surface area contributed by atoms with Crippen molar-refractivity contribution in [3.63, 3.8) is 0 Å². The van der Waals surface area contributed by atoms with E-state index in [9.17, 15) is 13.2 Å². The molecule has 2 saturated carbocycles. The lowest BCUT2D eigenvalue weighted by Gasteiger charge is -2.40. The van der Waals surface area contributed by atoms with Gasteiger partial charge in [-0.2, -0.15) is 4.31 Å². The summed E-state index contributed by atoms with van der Waals surface area (Å²) in [5.41, 5.74) is 0.539. The molecule has 6 nitrogen and oxygen atoms in total. The van der Waals surface area contributed by atoms with E-state index in [1.54, 1.807) is 36.4 Å². The summed E-state index contributed by atoms with van der Waals surface area (Å²) in [6.07, 6.45) is 12.0. The first-order valence-electron chi connectivity index (χ1n) is 11.0. The highest BCUT2D eigenvalue weighted by Gasteiger charge is 2.38. The van der Waals surface area contributed by atoms with E-state index in [4.69, 9.17) is 4.42 Å². The molecule has 2 aliphatic rings. The van der Waals surface area contributed by atoms with Crippen molar-refractivity contribution >= 4 is 21.6 Å². The van der Waals surface area contributed by atoms with Crippen LogP contribution in [0.15, 0.2) is 52.0 Å². The third-order valence-electron chi connectivity index (χ3n) is 6.30. The van der Waals surface area contributed by atoms with Crippen LogP contribution in [0.25, 0.3) is 0 Å². The van der Waals surface area contributed by atoms with Crippen LogP contribution in [-0.4, -0.2) is 30.7 Å². The lowest BCUT2D eigenvalue weighted by molar-refractivity contribution is 0.0996. The van der Waals surface area contributed by atoms with E-state index in [2.05, 4.69) is 5.32 Å². The van der Waals surface area contributed by atoms with Gasteiger partial charge in [0.15, 0.2) is 5.76 Å². The Hall–Kier alpha value is -2.12. The molecule has 0 atom stereocenters. The van der Waals surface area contributed by atoms with Crippen LogP contribution >= 0.6 is 0 Å². The Kier molecular flexibility index (Phi) is 6.58. The second kappa shape index (κ2) is 9.35. The van der Waals surface area contributed by atoms with Crippen LogP contribution in [0.5, 0.6) is 0 Å². The van der Waals surface area contributed by atoms with Gasteiger partial charge in [0.25, 0.3) is 5.91 Å². The van der Waals surface area contributed by atoms with Crippen molar-refractivity contribution < 1.29 is 17.6 Å². The summed E-state index contributed by atoms with van der Waals surface area (Å²) in [7, 11) is -3.59. The molecule has 1 aromatic carbocycles. The fourth-order valence-corrected chi connectivity index (χ4v) is 6.72. The summed E-state index contributed by atoms with van der Waals surface area (Å²) in [5.74, 6) is -0.144. The molecule has 1 amide bonds. The number of carbonyl (C=O) groups excluding carboxylic acids is 1. The molecule has 1 aromatic heterocycles. The molecule has 0 saturated heterocycles. The summed E-state index contributed by atoms with van der Waals surface area (Å²) >= 11 is 0. The zero-order chi connectivity index (χ0) is 21.0. The van der Waals surface area contributed by atoms with Crippen LogP contribution in [0.4, 0.5) is 5.69 Å². The van der Waals surface area contributed by atoms with Crippen molar-refractivity contribution in [3.05, 3.63) is 48.4 Å². The molecule has 162 valence electrons. The van der Waals surface area contributed by atoms with Crippen LogP contribution in [0.3, 0.4) is 0 Å². The molecule has 2 fully saturated rings. The van der Waals surface area contributed by atoms with E-state index in [0.29, 0.717) is 10.6 Å². The molecular weight excluding hydrogens is 400 g/mol. The molecule has 0 bridgehead atoms. The second-order valence-corrected chi connectivity index (χ2v) is 10.2. The van der Waals surface area contributed by atoms with Gasteiger partial charge in [-0.3, -0.25) is 4.79 Å². The lowest BCUT2D eigenvalue weighted by Crippen LogP contribution is -2.48. The number of hydrogen-bond donors (Lipinski definition) is 1. The Morgan fingerprint density at radius 1 is 0.867 bits per heavy atom. The largest absolute Gasteiger partial charge is 0.459 e. The fourth-order valence-electron chi connectivity index (χ4n) is 4.79. The number of amides is 1. The molecule has 2 aromatic rings. The van der Waals surface area contributed by atoms with E-state index >= 15 is 0 Å². The molecule has 30 heavy (non-hydrogen) atoms. The summed E-state index contributed by atoms with van der Waals surface area (Å²) in [5, 5.41) is 2.74. The van der Waals surface area contributed by atoms with Crippen molar-refractivity contribution in [2.45, 2.75) is 81.2 Å². The molecule has 1 N–H and O–H groups in total. The second-order valence-electron chi connectivity index (χ2n) is 8.37. The standard InChI is InChI=1S/C23H30N2O4S/c26-23(22-12-7-17-29-22)24-18-13-15-21(16-14-18)30(27,28)25(19-8-3-1-4-9-19)20-10-5-2-6-11-20/h7,12-17,19-20H,1-6,8-11H2,(H,24,26). The van der Waals surface area contributed by atoms with E-state index in [1.807, 2.05) is 4.31 Å². The average Bonchev–Trinajstić information content (AvgIpc) is 3.31. The maximum absolute atomic E-state index is 13.7. The SMILES string of the molecule is O=C(Nc1ccc(S(=O)(=O)N(C2CCCCC2)C2CCCCC2)cc1)c1ccco1. The number of nitrogens with one attached hydrogen (secondary N) is 1. The number of carbonyl (C=O) groups is 1. The highest BCUT2D eigenvalue weighted by atomic mass is 32.2. The molecule has 4 rings (SSSR count). The summed E-state index contributed by atoms with van der Waals surface area (Å²) in [4.78, 5) is 12.4. The van der Waals surface area contributed by atoms with Gasteiger partial charge in [0.2, 0.25) is 10.0 Å². The quantitative estimate of drug-likeness (QED) is 0.684. The number of sulfonamides is 1. The molecule has 0 aliphatic heterocycles. The first kappa shape index (κ1) is 21.1. The maximum Gasteiger partial charge on any atom is 0.291 e. The molecule has 0 spiro atoms. The van der Waals surface area contributed by atoms with Crippen molar-refractivity contribution in [2.75, 3.05) is 5.32 Å². The van der Waals surface area contributed by atoms with Gasteiger partial charge in [-0.25, -0.2) is 8.42 Å². The van der Waals surface area contributed by atoms with Crippen LogP contribution in [0.1, 0.15) is 74.8 Å². The van der Waals surface area contributed by atoms with Gasteiger partial charge in [-0.05, 0) is 62.1 Å².